The molecule has 0 radical (unpaired) electrons. The van der Waals surface area contributed by atoms with Crippen molar-refractivity contribution >= 4 is 10.4 Å². The van der Waals surface area contributed by atoms with Crippen LogP contribution in [0.25, 0.3) is 0 Å². The summed E-state index contributed by atoms with van der Waals surface area (Å²) in [5.41, 5.74) is 2.49. The third-order valence-corrected chi connectivity index (χ3v) is 1.31. The van der Waals surface area contributed by atoms with Gasteiger partial charge in [0.25, 0.3) is 0 Å². The zero-order chi connectivity index (χ0) is 12.5. The summed E-state index contributed by atoms with van der Waals surface area (Å²) in [5, 5.41) is 0. The zero-order valence-electron chi connectivity index (χ0n) is 11.1. The van der Waals surface area contributed by atoms with Gasteiger partial charge in [-0.05, 0) is 26.7 Å². The van der Waals surface area contributed by atoms with Crippen molar-refractivity contribution in [2.45, 2.75) is 26.7 Å². The van der Waals surface area contributed by atoms with E-state index in [-0.39, 0.29) is 31.0 Å². The summed E-state index contributed by atoms with van der Waals surface area (Å²) >= 11 is 0. The van der Waals surface area contributed by atoms with E-state index >= 15 is 0 Å². The standard InChI is InChI=1S/C10H16.Na.H2O4S.H/c1-5-10(4)8-6-7-9(2)3;;1-5(2,3)4;/h5,7H,1,4,6,8H2,2-3H3;;(H2,1,2,3,4);/q;+1;;-1. The number of hydrogen-bond donors (Lipinski definition) is 2. The second-order valence-electron chi connectivity index (χ2n) is 3.13. The van der Waals surface area contributed by atoms with Crippen LogP contribution in [-0.4, -0.2) is 17.5 Å². The van der Waals surface area contributed by atoms with Gasteiger partial charge in [-0.15, -0.1) is 0 Å². The Bertz CT molecular complexity index is 324. The molecule has 0 aromatic heterocycles. The van der Waals surface area contributed by atoms with Crippen molar-refractivity contribution in [2.24, 2.45) is 0 Å². The molecule has 0 aliphatic carbocycles. The Kier molecular flexibility index (Phi) is 15.5. The molecule has 6 heteroatoms. The first kappa shape index (κ1) is 21.4. The first-order valence-corrected chi connectivity index (χ1v) is 5.70. The third-order valence-electron chi connectivity index (χ3n) is 1.31. The van der Waals surface area contributed by atoms with Crippen molar-refractivity contribution in [1.82, 2.24) is 0 Å². The molecule has 0 heterocycles. The average molecular weight is 258 g/mol. The van der Waals surface area contributed by atoms with E-state index in [1.54, 1.807) is 0 Å². The van der Waals surface area contributed by atoms with Crippen molar-refractivity contribution in [2.75, 3.05) is 0 Å². The van der Waals surface area contributed by atoms with Gasteiger partial charge in [-0.1, -0.05) is 36.5 Å². The maximum absolute atomic E-state index is 8.74. The molecule has 0 spiro atoms. The number of rotatable bonds is 4. The Morgan fingerprint density at radius 3 is 2.00 bits per heavy atom. The van der Waals surface area contributed by atoms with Gasteiger partial charge in [-0.3, -0.25) is 9.11 Å². The molecule has 16 heavy (non-hydrogen) atoms. The summed E-state index contributed by atoms with van der Waals surface area (Å²) in [4.78, 5) is 0. The maximum Gasteiger partial charge on any atom is 1.00 e. The SMILES string of the molecule is C=CC(=C)CCC=C(C)C.O=S(=O)(O)O.[H-].[Na+]. The predicted molar refractivity (Wildman–Crippen MR) is 63.3 cm³/mol. The summed E-state index contributed by atoms with van der Waals surface area (Å²) < 4.78 is 31.6. The third kappa shape index (κ3) is 36.9. The maximum atomic E-state index is 8.74. The van der Waals surface area contributed by atoms with Gasteiger partial charge in [-0.25, -0.2) is 0 Å². The molecule has 0 rings (SSSR count). The van der Waals surface area contributed by atoms with E-state index in [4.69, 9.17) is 17.5 Å². The van der Waals surface area contributed by atoms with Crippen LogP contribution >= 0.6 is 0 Å². The fourth-order valence-corrected chi connectivity index (χ4v) is 0.648. The second kappa shape index (κ2) is 11.6. The Labute approximate surface area is 121 Å². The molecule has 0 aliphatic rings. The van der Waals surface area contributed by atoms with Crippen LogP contribution in [0.2, 0.25) is 0 Å². The fourth-order valence-electron chi connectivity index (χ4n) is 0.648. The van der Waals surface area contributed by atoms with Crippen molar-refractivity contribution in [1.29, 1.82) is 0 Å². The normalized spacial score (nSPS) is 9.00. The summed E-state index contributed by atoms with van der Waals surface area (Å²) in [6, 6.07) is 0. The largest absolute Gasteiger partial charge is 1.00 e. The Hall–Kier alpha value is 0.0900. The van der Waals surface area contributed by atoms with Crippen LogP contribution in [0, 0.1) is 0 Å². The minimum Gasteiger partial charge on any atom is -1.00 e. The van der Waals surface area contributed by atoms with Crippen LogP contribution in [0.1, 0.15) is 28.1 Å². The van der Waals surface area contributed by atoms with Gasteiger partial charge in [0.1, 0.15) is 0 Å². The minimum atomic E-state index is -4.67. The quantitative estimate of drug-likeness (QED) is 0.320. The molecule has 0 aromatic rings. The molecule has 0 aromatic carbocycles. The second-order valence-corrected chi connectivity index (χ2v) is 4.03. The van der Waals surface area contributed by atoms with Gasteiger partial charge in [0.05, 0.1) is 0 Å². The molecular formula is C10H19NaO4S. The van der Waals surface area contributed by atoms with Gasteiger partial charge < -0.3 is 1.43 Å². The van der Waals surface area contributed by atoms with Crippen LogP contribution < -0.4 is 29.6 Å². The monoisotopic (exact) mass is 258 g/mol. The molecule has 0 amide bonds. The first-order valence-electron chi connectivity index (χ1n) is 4.30. The van der Waals surface area contributed by atoms with E-state index in [1.807, 2.05) is 6.08 Å². The Morgan fingerprint density at radius 2 is 1.75 bits per heavy atom. The topological polar surface area (TPSA) is 74.6 Å². The number of allylic oxidation sites excluding steroid dienone is 4. The van der Waals surface area contributed by atoms with E-state index in [9.17, 15) is 0 Å². The predicted octanol–water partition coefficient (Wildman–Crippen LogP) is -0.0613. The number of hydrogen-bond acceptors (Lipinski definition) is 2. The summed E-state index contributed by atoms with van der Waals surface area (Å²) in [7, 11) is -4.67. The first-order chi connectivity index (χ1) is 6.66. The molecule has 0 bridgehead atoms. The van der Waals surface area contributed by atoms with Crippen LogP contribution in [0.3, 0.4) is 0 Å². The zero-order valence-corrected chi connectivity index (χ0v) is 12.9. The molecular weight excluding hydrogens is 239 g/mol. The van der Waals surface area contributed by atoms with Crippen LogP contribution in [0.5, 0.6) is 0 Å². The fraction of sp³-hybridized carbons (Fsp3) is 0.400. The average Bonchev–Trinajstić information content (AvgIpc) is 2.00. The van der Waals surface area contributed by atoms with E-state index < -0.39 is 10.4 Å². The van der Waals surface area contributed by atoms with Crippen molar-refractivity contribution < 1.29 is 48.5 Å². The summed E-state index contributed by atoms with van der Waals surface area (Å²) in [5.74, 6) is 0. The van der Waals surface area contributed by atoms with Crippen molar-refractivity contribution in [3.8, 4) is 0 Å². The molecule has 4 nitrogen and oxygen atoms in total. The smallest absolute Gasteiger partial charge is 1.00 e. The molecule has 90 valence electrons. The van der Waals surface area contributed by atoms with E-state index in [0.717, 1.165) is 18.4 Å². The minimum absolute atomic E-state index is 0. The molecule has 0 unspecified atom stereocenters. The molecule has 0 atom stereocenters. The molecule has 2 N–H and O–H groups in total. The molecule has 0 fully saturated rings. The van der Waals surface area contributed by atoms with Gasteiger partial charge in [0.15, 0.2) is 0 Å². The van der Waals surface area contributed by atoms with Gasteiger partial charge >= 0.3 is 40.0 Å². The van der Waals surface area contributed by atoms with Gasteiger partial charge in [-0.2, -0.15) is 8.42 Å². The van der Waals surface area contributed by atoms with Crippen molar-refractivity contribution in [3.63, 3.8) is 0 Å². The van der Waals surface area contributed by atoms with Crippen LogP contribution in [-0.2, 0) is 10.4 Å². The van der Waals surface area contributed by atoms with Crippen LogP contribution in [0.15, 0.2) is 36.5 Å². The summed E-state index contributed by atoms with van der Waals surface area (Å²) in [6.45, 7) is 11.7. The van der Waals surface area contributed by atoms with E-state index in [0.29, 0.717) is 0 Å². The molecule has 0 saturated heterocycles. The van der Waals surface area contributed by atoms with E-state index in [2.05, 4.69) is 33.1 Å². The van der Waals surface area contributed by atoms with E-state index in [1.165, 1.54) is 5.57 Å². The van der Waals surface area contributed by atoms with Gasteiger partial charge in [0, 0.05) is 0 Å². The Balaban J connectivity index is -0.000000105. The van der Waals surface area contributed by atoms with Crippen LogP contribution in [0.4, 0.5) is 0 Å². The molecule has 0 saturated carbocycles. The van der Waals surface area contributed by atoms with Gasteiger partial charge in [0.2, 0.25) is 0 Å². The Morgan fingerprint density at radius 1 is 1.38 bits per heavy atom. The molecule has 0 aliphatic heterocycles. The van der Waals surface area contributed by atoms with Crippen molar-refractivity contribution in [3.05, 3.63) is 36.5 Å². The summed E-state index contributed by atoms with van der Waals surface area (Å²) in [6.07, 6.45) is 6.16.